The number of aromatic hydroxyl groups is 1. The third-order valence-corrected chi connectivity index (χ3v) is 6.45. The van der Waals surface area contributed by atoms with Crippen molar-refractivity contribution in [3.05, 3.63) is 70.3 Å². The normalized spacial score (nSPS) is 16.5. The Balaban J connectivity index is 1.73. The van der Waals surface area contributed by atoms with Gasteiger partial charge in [0.05, 0.1) is 23.2 Å². The van der Waals surface area contributed by atoms with Crippen molar-refractivity contribution in [2.45, 2.75) is 32.7 Å². The maximum Gasteiger partial charge on any atom is 0.573 e. The maximum absolute atomic E-state index is 12.7. The average Bonchev–Trinajstić information content (AvgIpc) is 2.79. The van der Waals surface area contributed by atoms with Crippen molar-refractivity contribution < 1.29 is 32.5 Å². The number of nitrogens with one attached hydrogen (secondary N) is 1. The number of hydrogen-bond acceptors (Lipinski definition) is 5. The van der Waals surface area contributed by atoms with Crippen LogP contribution in [0.25, 0.3) is 28.5 Å². The number of fused-ring (bicyclic) bond motifs is 5. The van der Waals surface area contributed by atoms with E-state index in [-0.39, 0.29) is 22.1 Å². The van der Waals surface area contributed by atoms with Gasteiger partial charge in [-0.2, -0.15) is 0 Å². The highest BCUT2D eigenvalue weighted by molar-refractivity contribution is 6.32. The van der Waals surface area contributed by atoms with Crippen molar-refractivity contribution >= 4 is 34.7 Å². The van der Waals surface area contributed by atoms with E-state index in [1.165, 1.54) is 25.3 Å². The van der Waals surface area contributed by atoms with Crippen LogP contribution in [0.3, 0.4) is 0 Å². The third kappa shape index (κ3) is 4.57. The van der Waals surface area contributed by atoms with E-state index in [0.29, 0.717) is 22.6 Å². The van der Waals surface area contributed by atoms with Crippen LogP contribution < -0.4 is 19.5 Å². The zero-order valence-electron chi connectivity index (χ0n) is 20.4. The number of methoxy groups -OCH3 is 1. The number of phenols is 1. The van der Waals surface area contributed by atoms with Gasteiger partial charge < -0.3 is 24.6 Å². The van der Waals surface area contributed by atoms with Crippen LogP contribution >= 0.6 is 11.6 Å². The predicted octanol–water partition coefficient (Wildman–Crippen LogP) is 8.12. The summed E-state index contributed by atoms with van der Waals surface area (Å²) in [7, 11) is 1.47. The minimum absolute atomic E-state index is 0.0282. The number of benzene rings is 3. The second kappa shape index (κ2) is 8.66. The molecule has 3 aromatic rings. The fourth-order valence-corrected chi connectivity index (χ4v) is 5.14. The molecule has 0 spiro atoms. The summed E-state index contributed by atoms with van der Waals surface area (Å²) in [6, 6.07) is 11.0. The van der Waals surface area contributed by atoms with E-state index < -0.39 is 12.1 Å². The van der Waals surface area contributed by atoms with Gasteiger partial charge in [0.15, 0.2) is 11.5 Å². The van der Waals surface area contributed by atoms with Gasteiger partial charge in [-0.25, -0.2) is 0 Å². The molecule has 0 aromatic heterocycles. The average molecular weight is 530 g/mol. The van der Waals surface area contributed by atoms with Gasteiger partial charge in [0.2, 0.25) is 0 Å². The van der Waals surface area contributed by atoms with E-state index in [1.807, 2.05) is 19.1 Å². The molecule has 0 saturated carbocycles. The topological polar surface area (TPSA) is 60.0 Å². The molecule has 5 nitrogen and oxygen atoms in total. The Kier molecular flexibility index (Phi) is 5.83. The molecule has 2 aliphatic rings. The summed E-state index contributed by atoms with van der Waals surface area (Å²) in [5, 5.41) is 13.8. The summed E-state index contributed by atoms with van der Waals surface area (Å²) in [5.74, 6) is 0.679. The van der Waals surface area contributed by atoms with Crippen LogP contribution in [0.15, 0.2) is 48.5 Å². The fraction of sp³-hybridized carbons (Fsp3) is 0.214. The Morgan fingerprint density at radius 3 is 2.49 bits per heavy atom. The molecule has 0 amide bonds. The van der Waals surface area contributed by atoms with Crippen molar-refractivity contribution in [2.75, 3.05) is 12.4 Å². The van der Waals surface area contributed by atoms with Crippen LogP contribution in [-0.4, -0.2) is 24.1 Å². The monoisotopic (exact) mass is 529 g/mol. The number of anilines is 1. The molecule has 0 saturated heterocycles. The summed E-state index contributed by atoms with van der Waals surface area (Å²) >= 11 is 6.10. The van der Waals surface area contributed by atoms with Gasteiger partial charge >= 0.3 is 6.36 Å². The van der Waals surface area contributed by atoms with Gasteiger partial charge in [-0.15, -0.1) is 13.2 Å². The first-order valence-electron chi connectivity index (χ1n) is 11.4. The smallest absolute Gasteiger partial charge is 0.504 e. The number of halogens is 4. The Morgan fingerprint density at radius 1 is 1.05 bits per heavy atom. The lowest BCUT2D eigenvalue weighted by Gasteiger charge is -2.35. The molecule has 37 heavy (non-hydrogen) atoms. The summed E-state index contributed by atoms with van der Waals surface area (Å²) < 4.78 is 53.9. The van der Waals surface area contributed by atoms with Crippen LogP contribution in [0.2, 0.25) is 5.02 Å². The molecule has 0 bridgehead atoms. The van der Waals surface area contributed by atoms with Crippen molar-refractivity contribution in [3.8, 4) is 34.1 Å². The van der Waals surface area contributed by atoms with Gasteiger partial charge in [0.1, 0.15) is 17.3 Å². The Morgan fingerprint density at radius 2 is 1.81 bits per heavy atom. The lowest BCUT2D eigenvalue weighted by molar-refractivity contribution is -0.274. The second-order valence-electron chi connectivity index (χ2n) is 9.42. The SMILES string of the molecule is COc1c(O)ccc2c1-c1ccc3c(c1C(=Cc1ccc(OC(F)(F)F)c(Cl)c1)O2)C(C)=CC(C)(C)N3. The molecule has 2 heterocycles. The van der Waals surface area contributed by atoms with Crippen molar-refractivity contribution in [2.24, 2.45) is 0 Å². The fourth-order valence-electron chi connectivity index (χ4n) is 4.91. The van der Waals surface area contributed by atoms with E-state index in [1.54, 1.807) is 12.1 Å². The predicted molar refractivity (Wildman–Crippen MR) is 138 cm³/mol. The molecule has 0 atom stereocenters. The number of alkyl halides is 3. The molecule has 2 N–H and O–H groups in total. The van der Waals surface area contributed by atoms with Gasteiger partial charge in [0, 0.05) is 22.4 Å². The number of phenolic OH excluding ortho intramolecular Hbond substituents is 1. The number of ether oxygens (including phenoxy) is 3. The number of rotatable bonds is 3. The number of hydrogen-bond donors (Lipinski definition) is 2. The molecule has 5 rings (SSSR count). The minimum Gasteiger partial charge on any atom is -0.504 e. The standard InChI is InChI=1S/C28H23ClF3NO4/c1-14-13-27(2,3)33-18-7-6-16-24(23(14)18)22(36-21-10-8-19(34)26(35-4)25(16)21)12-15-5-9-20(17(29)11-15)37-28(30,31)32/h5-13,33-34H,1-4H3. The molecule has 0 aliphatic carbocycles. The van der Waals surface area contributed by atoms with Crippen molar-refractivity contribution in [3.63, 3.8) is 0 Å². The Labute approximate surface area is 216 Å². The van der Waals surface area contributed by atoms with E-state index in [4.69, 9.17) is 21.1 Å². The lowest BCUT2D eigenvalue weighted by atomic mass is 9.83. The molecule has 3 aromatic carbocycles. The van der Waals surface area contributed by atoms with Crippen LogP contribution in [-0.2, 0) is 0 Å². The summed E-state index contributed by atoms with van der Waals surface area (Å²) in [6.07, 6.45) is -1.03. The zero-order chi connectivity index (χ0) is 26.7. The highest BCUT2D eigenvalue weighted by Crippen LogP contribution is 2.54. The minimum atomic E-state index is -4.85. The molecule has 0 unspecified atom stereocenters. The quantitative estimate of drug-likeness (QED) is 0.359. The highest BCUT2D eigenvalue weighted by Gasteiger charge is 2.34. The second-order valence-corrected chi connectivity index (χ2v) is 9.83. The van der Waals surface area contributed by atoms with Crippen LogP contribution in [0, 0.1) is 0 Å². The first kappa shape index (κ1) is 24.9. The largest absolute Gasteiger partial charge is 0.573 e. The first-order valence-corrected chi connectivity index (χ1v) is 11.8. The van der Waals surface area contributed by atoms with E-state index >= 15 is 0 Å². The van der Waals surface area contributed by atoms with Crippen LogP contribution in [0.1, 0.15) is 37.5 Å². The molecular formula is C28H23ClF3NO4. The van der Waals surface area contributed by atoms with Gasteiger partial charge in [-0.1, -0.05) is 29.8 Å². The van der Waals surface area contributed by atoms with Crippen LogP contribution in [0.4, 0.5) is 18.9 Å². The van der Waals surface area contributed by atoms with Crippen LogP contribution in [0.5, 0.6) is 23.0 Å². The highest BCUT2D eigenvalue weighted by atomic mass is 35.5. The van der Waals surface area contributed by atoms with Gasteiger partial charge in [-0.3, -0.25) is 0 Å². The Hall–Kier alpha value is -3.78. The molecular weight excluding hydrogens is 507 g/mol. The molecule has 192 valence electrons. The molecule has 9 heteroatoms. The van der Waals surface area contributed by atoms with Crippen molar-refractivity contribution in [1.82, 2.24) is 0 Å². The van der Waals surface area contributed by atoms with Crippen molar-refractivity contribution in [1.29, 1.82) is 0 Å². The molecule has 2 aliphatic heterocycles. The van der Waals surface area contributed by atoms with Gasteiger partial charge in [-0.05, 0) is 68.3 Å². The summed E-state index contributed by atoms with van der Waals surface area (Å²) in [5.41, 5.74) is 5.17. The van der Waals surface area contributed by atoms with Gasteiger partial charge in [0.25, 0.3) is 0 Å². The lowest BCUT2D eigenvalue weighted by Crippen LogP contribution is -2.32. The molecule has 0 radical (unpaired) electrons. The first-order chi connectivity index (χ1) is 17.4. The van der Waals surface area contributed by atoms with E-state index in [2.05, 4.69) is 30.0 Å². The summed E-state index contributed by atoms with van der Waals surface area (Å²) in [6.45, 7) is 6.14. The zero-order valence-corrected chi connectivity index (χ0v) is 21.1. The maximum atomic E-state index is 12.7. The summed E-state index contributed by atoms with van der Waals surface area (Å²) in [4.78, 5) is 0. The molecule has 0 fully saturated rings. The number of allylic oxidation sites excluding steroid dienone is 1. The van der Waals surface area contributed by atoms with E-state index in [9.17, 15) is 18.3 Å². The van der Waals surface area contributed by atoms with E-state index in [0.717, 1.165) is 34.0 Å². The third-order valence-electron chi connectivity index (χ3n) is 6.15. The Bertz CT molecular complexity index is 1490.